The zero-order chi connectivity index (χ0) is 18.9. The lowest BCUT2D eigenvalue weighted by Gasteiger charge is -2.28. The lowest BCUT2D eigenvalue weighted by molar-refractivity contribution is -0.533. The maximum atomic E-state index is 5.65. The maximum absolute atomic E-state index is 5.65. The summed E-state index contributed by atoms with van der Waals surface area (Å²) in [5.41, 5.74) is 0.944. The van der Waals surface area contributed by atoms with Crippen molar-refractivity contribution in [3.05, 3.63) is 28.9 Å². The first-order valence-corrected chi connectivity index (χ1v) is 10.5. The molecule has 2 N–H and O–H groups in total. The van der Waals surface area contributed by atoms with E-state index in [1.54, 1.807) is 18.0 Å². The molecule has 0 saturated heterocycles. The van der Waals surface area contributed by atoms with E-state index in [0.717, 1.165) is 25.1 Å². The van der Waals surface area contributed by atoms with Crippen LogP contribution in [0.3, 0.4) is 0 Å². The monoisotopic (exact) mass is 378 g/mol. The lowest BCUT2D eigenvalue weighted by atomic mass is 10.1. The molecule has 0 fully saturated rings. The Bertz CT molecular complexity index is 634. The number of allylic oxidation sites excluding steroid dienone is 1. The Balaban J connectivity index is 2.02. The number of nitrogens with zero attached hydrogens (tertiary/aromatic N) is 3. The van der Waals surface area contributed by atoms with Crippen LogP contribution in [0, 0.1) is 0 Å². The number of hydrogen-bond acceptors (Lipinski definition) is 6. The van der Waals surface area contributed by atoms with Crippen LogP contribution in [0.25, 0.3) is 0 Å². The number of rotatable bonds is 10. The van der Waals surface area contributed by atoms with Crippen LogP contribution in [0.1, 0.15) is 38.4 Å². The third kappa shape index (κ3) is 5.53. The van der Waals surface area contributed by atoms with Gasteiger partial charge in [0.1, 0.15) is 13.1 Å². The van der Waals surface area contributed by atoms with Gasteiger partial charge in [0, 0.05) is 23.7 Å². The van der Waals surface area contributed by atoms with Gasteiger partial charge in [0.2, 0.25) is 0 Å². The number of ether oxygens (including phenoxy) is 1. The quantitative estimate of drug-likeness (QED) is 0.481. The maximum Gasteiger partial charge on any atom is 0.316 e. The smallest absolute Gasteiger partial charge is 0.316 e. The van der Waals surface area contributed by atoms with Gasteiger partial charge in [-0.05, 0) is 32.7 Å². The highest BCUT2D eigenvalue weighted by Crippen LogP contribution is 2.23. The highest BCUT2D eigenvalue weighted by atomic mass is 32.2. The van der Waals surface area contributed by atoms with Crippen LogP contribution in [0.15, 0.2) is 23.2 Å². The zero-order valence-corrected chi connectivity index (χ0v) is 17.3. The summed E-state index contributed by atoms with van der Waals surface area (Å²) in [7, 11) is 4.08. The van der Waals surface area contributed by atoms with E-state index in [0.29, 0.717) is 24.7 Å². The van der Waals surface area contributed by atoms with Crippen LogP contribution in [0.5, 0.6) is 6.01 Å². The van der Waals surface area contributed by atoms with E-state index in [9.17, 15) is 0 Å². The molecule has 0 radical (unpaired) electrons. The molecular weight excluding hydrogens is 346 g/mol. The summed E-state index contributed by atoms with van der Waals surface area (Å²) < 4.78 is 7.89. The van der Waals surface area contributed by atoms with Gasteiger partial charge in [0.15, 0.2) is 12.3 Å². The molecule has 0 spiro atoms. The summed E-state index contributed by atoms with van der Waals surface area (Å²) in [5, 5.41) is 7.06. The molecule has 1 aromatic rings. The average Bonchev–Trinajstić information content (AvgIpc) is 2.66. The molecule has 3 atom stereocenters. The van der Waals surface area contributed by atoms with Gasteiger partial charge in [0.25, 0.3) is 0 Å². The minimum Gasteiger partial charge on any atom is -0.463 e. The van der Waals surface area contributed by atoms with Crippen molar-refractivity contribution >= 4 is 18.0 Å². The molecule has 144 valence electrons. The summed E-state index contributed by atoms with van der Waals surface area (Å²) in [6, 6.07) is 3.21. The highest BCUT2D eigenvalue weighted by Gasteiger charge is 2.30. The summed E-state index contributed by atoms with van der Waals surface area (Å²) in [6.45, 7) is 5.83. The minimum atomic E-state index is 0.0954. The van der Waals surface area contributed by atoms with Crippen LogP contribution in [-0.4, -0.2) is 66.3 Å². The van der Waals surface area contributed by atoms with Crippen molar-refractivity contribution in [1.29, 1.82) is 0 Å². The molecule has 2 rings (SSSR count). The fourth-order valence-corrected chi connectivity index (χ4v) is 3.63. The summed E-state index contributed by atoms with van der Waals surface area (Å²) in [4.78, 5) is 10.2. The predicted octanol–water partition coefficient (Wildman–Crippen LogP) is 2.24. The van der Waals surface area contributed by atoms with E-state index in [1.807, 2.05) is 13.1 Å². The van der Waals surface area contributed by atoms with Crippen molar-refractivity contribution in [3.8, 4) is 6.01 Å². The van der Waals surface area contributed by atoms with Crippen molar-refractivity contribution in [1.82, 2.24) is 20.6 Å². The summed E-state index contributed by atoms with van der Waals surface area (Å²) in [5.74, 6) is 0. The third-order valence-electron chi connectivity index (χ3n) is 4.77. The van der Waals surface area contributed by atoms with Gasteiger partial charge in [-0.25, -0.2) is 9.56 Å². The molecule has 0 aromatic carbocycles. The van der Waals surface area contributed by atoms with Crippen molar-refractivity contribution < 1.29 is 9.31 Å². The van der Waals surface area contributed by atoms with Crippen LogP contribution < -0.4 is 15.4 Å². The van der Waals surface area contributed by atoms with Crippen LogP contribution in [0.2, 0.25) is 0 Å². The molecule has 3 unspecified atom stereocenters. The zero-order valence-electron chi connectivity index (χ0n) is 16.5. The van der Waals surface area contributed by atoms with E-state index in [1.165, 1.54) is 4.91 Å². The second-order valence-corrected chi connectivity index (χ2v) is 7.40. The van der Waals surface area contributed by atoms with Gasteiger partial charge in [-0.1, -0.05) is 13.3 Å². The van der Waals surface area contributed by atoms with Gasteiger partial charge in [-0.2, -0.15) is 4.98 Å². The lowest BCUT2D eigenvalue weighted by Crippen LogP contribution is -2.48. The second kappa shape index (κ2) is 10.6. The van der Waals surface area contributed by atoms with Gasteiger partial charge < -0.3 is 15.4 Å². The molecule has 7 heteroatoms. The number of hydrogen-bond donors (Lipinski definition) is 2. The fraction of sp³-hybridized carbons (Fsp3) is 0.632. The first-order valence-electron chi connectivity index (χ1n) is 9.28. The highest BCUT2D eigenvalue weighted by molar-refractivity contribution is 8.02. The standard InChI is InChI=1S/C19H32N5OS/c1-6-7-12-25-19-21-10-8-15(23-19)16(20-3)13-22-18-14(2)24(4)11-9-17(18)26-5/h8-11,14,16,18,20,22H,6-7,12-13H2,1-5H3/q+1. The van der Waals surface area contributed by atoms with Gasteiger partial charge >= 0.3 is 6.01 Å². The van der Waals surface area contributed by atoms with E-state index in [4.69, 9.17) is 4.74 Å². The van der Waals surface area contributed by atoms with E-state index >= 15 is 0 Å². The van der Waals surface area contributed by atoms with Crippen LogP contribution >= 0.6 is 11.8 Å². The van der Waals surface area contributed by atoms with Crippen LogP contribution in [0.4, 0.5) is 0 Å². The normalized spacial score (nSPS) is 21.1. The molecular formula is C19H32N5OS+. The Morgan fingerprint density at radius 3 is 2.92 bits per heavy atom. The van der Waals surface area contributed by atoms with Crippen molar-refractivity contribution in [2.24, 2.45) is 0 Å². The second-order valence-electron chi connectivity index (χ2n) is 6.52. The first-order chi connectivity index (χ1) is 12.6. The molecule has 0 bridgehead atoms. The molecule has 6 nitrogen and oxygen atoms in total. The van der Waals surface area contributed by atoms with Crippen molar-refractivity contribution in [2.75, 3.05) is 33.5 Å². The van der Waals surface area contributed by atoms with Crippen molar-refractivity contribution in [2.45, 2.75) is 44.8 Å². The van der Waals surface area contributed by atoms with E-state index < -0.39 is 0 Å². The largest absolute Gasteiger partial charge is 0.463 e. The summed E-state index contributed by atoms with van der Waals surface area (Å²) >= 11 is 1.80. The topological polar surface area (TPSA) is 62.1 Å². The minimum absolute atomic E-state index is 0.0954. The van der Waals surface area contributed by atoms with Crippen molar-refractivity contribution in [3.63, 3.8) is 0 Å². The average molecular weight is 379 g/mol. The van der Waals surface area contributed by atoms with Gasteiger partial charge in [-0.3, -0.25) is 0 Å². The molecule has 0 amide bonds. The molecule has 0 aliphatic carbocycles. The Kier molecular flexibility index (Phi) is 8.54. The Labute approximate surface area is 161 Å². The number of thioether (sulfide) groups is 1. The van der Waals surface area contributed by atoms with Crippen LogP contribution in [-0.2, 0) is 0 Å². The fourth-order valence-electron chi connectivity index (χ4n) is 2.89. The Hall–Kier alpha value is -1.44. The van der Waals surface area contributed by atoms with E-state index in [2.05, 4.69) is 64.6 Å². The number of nitrogens with one attached hydrogen (secondary N) is 2. The van der Waals surface area contributed by atoms with E-state index in [-0.39, 0.29) is 6.04 Å². The third-order valence-corrected chi connectivity index (χ3v) is 5.63. The predicted molar refractivity (Wildman–Crippen MR) is 109 cm³/mol. The molecule has 1 aliphatic rings. The molecule has 1 aliphatic heterocycles. The first kappa shape index (κ1) is 20.9. The molecule has 1 aromatic heterocycles. The Morgan fingerprint density at radius 2 is 2.23 bits per heavy atom. The number of likely N-dealkylation sites (N-methyl/N-ethyl adjacent to an activating group) is 2. The number of aromatic nitrogens is 2. The number of unbranched alkanes of at least 4 members (excludes halogenated alkanes) is 1. The molecule has 2 heterocycles. The SMILES string of the molecule is CCCCOc1nccc(C(CNC2C(SC)=CC=[N+](C)C2C)NC)n1. The molecule has 26 heavy (non-hydrogen) atoms. The molecule has 0 saturated carbocycles. The van der Waals surface area contributed by atoms with Gasteiger partial charge in [0.05, 0.1) is 18.3 Å². The Morgan fingerprint density at radius 1 is 1.42 bits per heavy atom. The van der Waals surface area contributed by atoms with Gasteiger partial charge in [-0.15, -0.1) is 11.8 Å². The summed E-state index contributed by atoms with van der Waals surface area (Å²) in [6.07, 6.45) is 10.4.